The van der Waals surface area contributed by atoms with E-state index >= 15 is 0 Å². The van der Waals surface area contributed by atoms with Crippen molar-refractivity contribution in [2.24, 2.45) is 5.92 Å². The van der Waals surface area contributed by atoms with E-state index in [9.17, 15) is 9.59 Å². The quantitative estimate of drug-likeness (QED) is 0.0651. The molecule has 0 aromatic heterocycles. The molecule has 4 heteroatoms. The lowest BCUT2D eigenvalue weighted by Crippen LogP contribution is -2.21. The third-order valence-electron chi connectivity index (χ3n) is 6.91. The molecule has 0 aromatic carbocycles. The maximum absolute atomic E-state index is 12.0. The van der Waals surface area contributed by atoms with Crippen LogP contribution in [-0.4, -0.2) is 23.7 Å². The first-order valence-corrected chi connectivity index (χ1v) is 15.3. The van der Waals surface area contributed by atoms with Crippen LogP contribution in [0.25, 0.3) is 0 Å². The maximum atomic E-state index is 12.0. The molecule has 0 saturated heterocycles. The van der Waals surface area contributed by atoms with Gasteiger partial charge in [-0.15, -0.1) is 0 Å². The van der Waals surface area contributed by atoms with Crippen molar-refractivity contribution in [2.45, 2.75) is 155 Å². The lowest BCUT2D eigenvalue weighted by molar-refractivity contribution is -0.152. The van der Waals surface area contributed by atoms with Gasteiger partial charge in [-0.05, 0) is 32.1 Å². The first kappa shape index (κ1) is 34.4. The number of unbranched alkanes of at least 4 members (excludes halogenated alkanes) is 19. The number of carboxylic acids is 1. The van der Waals surface area contributed by atoms with Crippen molar-refractivity contribution in [2.75, 3.05) is 6.61 Å². The Labute approximate surface area is 223 Å². The molecule has 0 saturated carbocycles. The minimum absolute atomic E-state index is 0.145. The molecular weight excluding hydrogens is 448 g/mol. The Bertz CT molecular complexity index is 540. The van der Waals surface area contributed by atoms with E-state index in [1.807, 2.05) is 0 Å². The summed E-state index contributed by atoms with van der Waals surface area (Å²) in [6.07, 6.45) is 34.1. The molecule has 0 rings (SSSR count). The van der Waals surface area contributed by atoms with E-state index in [1.165, 1.54) is 122 Å². The molecule has 0 bridgehead atoms. The molecule has 0 radical (unpaired) electrons. The topological polar surface area (TPSA) is 63.6 Å². The summed E-state index contributed by atoms with van der Waals surface area (Å²) in [4.78, 5) is 22.9. The van der Waals surface area contributed by atoms with Crippen LogP contribution in [0.2, 0.25) is 0 Å². The van der Waals surface area contributed by atoms with E-state index in [0.29, 0.717) is 6.42 Å². The average Bonchev–Trinajstić information content (AvgIpc) is 2.86. The third-order valence-corrected chi connectivity index (χ3v) is 6.91. The van der Waals surface area contributed by atoms with Gasteiger partial charge in [-0.2, -0.15) is 0 Å². The van der Waals surface area contributed by atoms with Crippen LogP contribution in [0.5, 0.6) is 0 Å². The summed E-state index contributed by atoms with van der Waals surface area (Å²) in [6.45, 7) is 5.93. The molecule has 0 aromatic rings. The van der Waals surface area contributed by atoms with Gasteiger partial charge in [0.2, 0.25) is 0 Å². The summed E-state index contributed by atoms with van der Waals surface area (Å²) < 4.78 is 5.03. The molecule has 1 unspecified atom stereocenters. The molecule has 1 N–H and O–H groups in total. The molecule has 1 atom stereocenters. The number of hydrogen-bond donors (Lipinski definition) is 1. The minimum Gasteiger partial charge on any atom is -0.481 e. The molecule has 0 aliphatic carbocycles. The van der Waals surface area contributed by atoms with Crippen molar-refractivity contribution in [3.63, 3.8) is 0 Å². The van der Waals surface area contributed by atoms with Crippen molar-refractivity contribution >= 4 is 11.9 Å². The monoisotopic (exact) mass is 506 g/mol. The van der Waals surface area contributed by atoms with E-state index in [0.717, 1.165) is 19.3 Å². The standard InChI is InChI=1S/C32H58O4/c1-3-5-6-7-8-9-10-11-12-13-14-15-16-17-18-19-20-21-22-23-24-25-26-27-30(29-31(33)34)32(35)36-28-4-2/h4,8-9,30H,2-3,5-7,10-29H2,1H3,(H,33,34)/b9-8+. The van der Waals surface area contributed by atoms with E-state index in [-0.39, 0.29) is 13.0 Å². The Morgan fingerprint density at radius 2 is 1.11 bits per heavy atom. The second-order valence-electron chi connectivity index (χ2n) is 10.4. The Balaban J connectivity index is 3.38. The van der Waals surface area contributed by atoms with Crippen molar-refractivity contribution in [3.8, 4) is 0 Å². The number of hydrogen-bond acceptors (Lipinski definition) is 3. The van der Waals surface area contributed by atoms with Gasteiger partial charge in [0, 0.05) is 0 Å². The lowest BCUT2D eigenvalue weighted by Gasteiger charge is -2.13. The average molecular weight is 507 g/mol. The van der Waals surface area contributed by atoms with Gasteiger partial charge in [-0.25, -0.2) is 0 Å². The Hall–Kier alpha value is -1.58. The highest BCUT2D eigenvalue weighted by Gasteiger charge is 2.22. The first-order valence-electron chi connectivity index (χ1n) is 15.3. The van der Waals surface area contributed by atoms with Crippen LogP contribution < -0.4 is 0 Å². The van der Waals surface area contributed by atoms with Crippen molar-refractivity contribution < 1.29 is 19.4 Å². The van der Waals surface area contributed by atoms with E-state index < -0.39 is 17.9 Å². The van der Waals surface area contributed by atoms with Crippen LogP contribution in [0.15, 0.2) is 24.8 Å². The molecule has 0 aliphatic heterocycles. The van der Waals surface area contributed by atoms with E-state index in [1.54, 1.807) is 0 Å². The summed E-state index contributed by atoms with van der Waals surface area (Å²) in [5, 5.41) is 9.01. The van der Waals surface area contributed by atoms with Crippen LogP contribution in [-0.2, 0) is 14.3 Å². The number of carboxylic acid groups (broad SMARTS) is 1. The second kappa shape index (κ2) is 28.0. The molecule has 210 valence electrons. The molecule has 0 aliphatic rings. The van der Waals surface area contributed by atoms with Gasteiger partial charge in [-0.1, -0.05) is 141 Å². The Morgan fingerprint density at radius 1 is 0.694 bits per heavy atom. The Morgan fingerprint density at radius 3 is 1.53 bits per heavy atom. The minimum atomic E-state index is -0.942. The van der Waals surface area contributed by atoms with Crippen molar-refractivity contribution in [1.82, 2.24) is 0 Å². The van der Waals surface area contributed by atoms with E-state index in [4.69, 9.17) is 9.84 Å². The summed E-state index contributed by atoms with van der Waals surface area (Å²) >= 11 is 0. The summed E-state index contributed by atoms with van der Waals surface area (Å²) in [5.41, 5.74) is 0. The lowest BCUT2D eigenvalue weighted by atomic mass is 9.97. The molecule has 0 amide bonds. The van der Waals surface area contributed by atoms with Gasteiger partial charge in [0.1, 0.15) is 6.61 Å². The fourth-order valence-corrected chi connectivity index (χ4v) is 4.65. The number of allylic oxidation sites excluding steroid dienone is 2. The maximum Gasteiger partial charge on any atom is 0.309 e. The predicted octanol–water partition coefficient (Wildman–Crippen LogP) is 9.96. The van der Waals surface area contributed by atoms with Gasteiger partial charge in [-0.3, -0.25) is 9.59 Å². The van der Waals surface area contributed by atoms with Gasteiger partial charge in [0.05, 0.1) is 12.3 Å². The largest absolute Gasteiger partial charge is 0.481 e. The molecule has 0 spiro atoms. The molecule has 0 heterocycles. The highest BCUT2D eigenvalue weighted by atomic mass is 16.5. The zero-order valence-electron chi connectivity index (χ0n) is 23.7. The van der Waals surface area contributed by atoms with Gasteiger partial charge in [0.25, 0.3) is 0 Å². The highest BCUT2D eigenvalue weighted by Crippen LogP contribution is 2.18. The fraction of sp³-hybridized carbons (Fsp3) is 0.812. The normalized spacial score (nSPS) is 12.1. The highest BCUT2D eigenvalue weighted by molar-refractivity contribution is 5.79. The zero-order valence-corrected chi connectivity index (χ0v) is 23.7. The van der Waals surface area contributed by atoms with Crippen LogP contribution in [0.1, 0.15) is 155 Å². The number of esters is 1. The molecule has 0 fully saturated rings. The first-order chi connectivity index (χ1) is 17.6. The number of carbonyl (C=O) groups excluding carboxylic acids is 1. The third kappa shape index (κ3) is 25.5. The SMILES string of the molecule is C=CCOC(=O)C(CCCCCCCCCCCCCCCCCC/C=C/CCCCC)CC(=O)O. The summed E-state index contributed by atoms with van der Waals surface area (Å²) in [7, 11) is 0. The van der Waals surface area contributed by atoms with Crippen molar-refractivity contribution in [1.29, 1.82) is 0 Å². The zero-order chi connectivity index (χ0) is 26.5. The second-order valence-corrected chi connectivity index (χ2v) is 10.4. The summed E-state index contributed by atoms with van der Waals surface area (Å²) in [6, 6.07) is 0. The fourth-order valence-electron chi connectivity index (χ4n) is 4.65. The van der Waals surface area contributed by atoms with Crippen molar-refractivity contribution in [3.05, 3.63) is 24.8 Å². The number of rotatable bonds is 28. The molecule has 4 nitrogen and oxygen atoms in total. The molecular formula is C32H58O4. The van der Waals surface area contributed by atoms with Crippen LogP contribution >= 0.6 is 0 Å². The smallest absolute Gasteiger partial charge is 0.309 e. The predicted molar refractivity (Wildman–Crippen MR) is 153 cm³/mol. The number of ether oxygens (including phenoxy) is 1. The Kier molecular flexibility index (Phi) is 26.8. The summed E-state index contributed by atoms with van der Waals surface area (Å²) in [5.74, 6) is -1.88. The number of aliphatic carboxylic acids is 1. The molecule has 36 heavy (non-hydrogen) atoms. The van der Waals surface area contributed by atoms with Gasteiger partial charge >= 0.3 is 11.9 Å². The van der Waals surface area contributed by atoms with Crippen LogP contribution in [0.3, 0.4) is 0 Å². The van der Waals surface area contributed by atoms with Crippen LogP contribution in [0.4, 0.5) is 0 Å². The van der Waals surface area contributed by atoms with Crippen LogP contribution in [0, 0.1) is 5.92 Å². The van der Waals surface area contributed by atoms with Gasteiger partial charge < -0.3 is 9.84 Å². The number of carbonyl (C=O) groups is 2. The van der Waals surface area contributed by atoms with E-state index in [2.05, 4.69) is 25.7 Å². The van der Waals surface area contributed by atoms with Gasteiger partial charge in [0.15, 0.2) is 0 Å².